The summed E-state index contributed by atoms with van der Waals surface area (Å²) in [5.41, 5.74) is 5.70. The smallest absolute Gasteiger partial charge is 0.164 e. The Balaban J connectivity index is 1.42. The van der Waals surface area contributed by atoms with Crippen LogP contribution in [-0.2, 0) is 0 Å². The third-order valence-corrected chi connectivity index (χ3v) is 7.08. The van der Waals surface area contributed by atoms with E-state index in [0.717, 1.165) is 55.2 Å². The van der Waals surface area contributed by atoms with Crippen molar-refractivity contribution < 1.29 is 0 Å². The van der Waals surface area contributed by atoms with Gasteiger partial charge < -0.3 is 0 Å². The van der Waals surface area contributed by atoms with E-state index >= 15 is 0 Å². The normalized spacial score (nSPS) is 11.2. The molecule has 40 heavy (non-hydrogen) atoms. The number of fused-ring (bicyclic) bond motifs is 2. The van der Waals surface area contributed by atoms with E-state index in [-0.39, 0.29) is 0 Å². The number of hydrogen-bond acceptors (Lipinski definition) is 5. The average Bonchev–Trinajstić information content (AvgIpc) is 3.00. The van der Waals surface area contributed by atoms with Gasteiger partial charge in [-0.15, -0.1) is 0 Å². The van der Waals surface area contributed by atoms with E-state index < -0.39 is 0 Å². The highest BCUT2D eigenvalue weighted by Crippen LogP contribution is 2.32. The van der Waals surface area contributed by atoms with E-state index in [1.54, 1.807) is 0 Å². The van der Waals surface area contributed by atoms with Gasteiger partial charge in [0.25, 0.3) is 0 Å². The predicted molar refractivity (Wildman–Crippen MR) is 162 cm³/mol. The van der Waals surface area contributed by atoms with Crippen molar-refractivity contribution in [1.29, 1.82) is 0 Å². The lowest BCUT2D eigenvalue weighted by molar-refractivity contribution is 1.06. The molecule has 5 heteroatoms. The molecule has 5 aromatic carbocycles. The molecule has 0 bridgehead atoms. The largest absolute Gasteiger partial charge is 0.233 e. The average molecular weight is 516 g/mol. The standard InChI is InChI=1S/C35H25N5/c1-22-21-23(2)37-32(36-22)26-17-19-27(20-18-26)33-38-34(30-15-7-11-24-9-3-5-13-28(24)30)40-35(39-33)31-16-8-12-25-10-4-6-14-29(25)31/h3-21H,1-2H3. The summed E-state index contributed by atoms with van der Waals surface area (Å²) in [7, 11) is 0. The Bertz CT molecular complexity index is 1900. The van der Waals surface area contributed by atoms with Crippen molar-refractivity contribution in [2.75, 3.05) is 0 Å². The number of rotatable bonds is 4. The van der Waals surface area contributed by atoms with Crippen molar-refractivity contribution >= 4 is 21.5 Å². The third-order valence-electron chi connectivity index (χ3n) is 7.08. The van der Waals surface area contributed by atoms with Crippen LogP contribution in [-0.4, -0.2) is 24.9 Å². The molecule has 7 rings (SSSR count). The zero-order valence-electron chi connectivity index (χ0n) is 22.2. The SMILES string of the molecule is Cc1cc(C)nc(-c2ccc(-c3nc(-c4cccc5ccccc45)nc(-c4cccc5ccccc45)n3)cc2)n1. The van der Waals surface area contributed by atoms with E-state index in [0.29, 0.717) is 23.3 Å². The van der Waals surface area contributed by atoms with Gasteiger partial charge in [0.15, 0.2) is 23.3 Å². The molecule has 0 saturated carbocycles. The maximum atomic E-state index is 5.04. The highest BCUT2D eigenvalue weighted by molar-refractivity contribution is 5.97. The van der Waals surface area contributed by atoms with Crippen LogP contribution in [0.5, 0.6) is 0 Å². The molecule has 0 N–H and O–H groups in total. The molecule has 0 atom stereocenters. The van der Waals surface area contributed by atoms with E-state index in [1.165, 1.54) is 0 Å². The maximum absolute atomic E-state index is 5.04. The molecule has 0 fully saturated rings. The second-order valence-electron chi connectivity index (χ2n) is 9.91. The molecule has 0 aliphatic rings. The van der Waals surface area contributed by atoms with Gasteiger partial charge in [0.1, 0.15) is 0 Å². The van der Waals surface area contributed by atoms with Crippen LogP contribution in [0.25, 0.3) is 67.1 Å². The quantitative estimate of drug-likeness (QED) is 0.236. The minimum Gasteiger partial charge on any atom is -0.233 e. The minimum absolute atomic E-state index is 0.619. The Morgan fingerprint density at radius 3 is 1.27 bits per heavy atom. The Morgan fingerprint density at radius 2 is 0.775 bits per heavy atom. The molecule has 190 valence electrons. The maximum Gasteiger partial charge on any atom is 0.164 e. The molecule has 7 aromatic rings. The topological polar surface area (TPSA) is 64.5 Å². The molecule has 0 radical (unpaired) electrons. The number of benzene rings is 5. The summed E-state index contributed by atoms with van der Waals surface area (Å²) in [4.78, 5) is 24.3. The molecular weight excluding hydrogens is 490 g/mol. The number of aromatic nitrogens is 5. The summed E-state index contributed by atoms with van der Waals surface area (Å²) >= 11 is 0. The second-order valence-corrected chi connectivity index (χ2v) is 9.91. The van der Waals surface area contributed by atoms with Gasteiger partial charge in [-0.3, -0.25) is 0 Å². The van der Waals surface area contributed by atoms with Crippen molar-refractivity contribution in [2.24, 2.45) is 0 Å². The van der Waals surface area contributed by atoms with E-state index in [1.807, 2.05) is 68.4 Å². The number of hydrogen-bond donors (Lipinski definition) is 0. The molecule has 2 heterocycles. The summed E-state index contributed by atoms with van der Waals surface area (Å²) in [6.45, 7) is 3.97. The summed E-state index contributed by atoms with van der Waals surface area (Å²) in [6, 6.07) is 39.2. The Kier molecular flexibility index (Phi) is 5.82. The van der Waals surface area contributed by atoms with Crippen LogP contribution in [0.3, 0.4) is 0 Å². The molecule has 0 amide bonds. The zero-order chi connectivity index (χ0) is 27.1. The van der Waals surface area contributed by atoms with Crippen molar-refractivity contribution in [3.8, 4) is 45.6 Å². The van der Waals surface area contributed by atoms with Crippen molar-refractivity contribution in [3.63, 3.8) is 0 Å². The first-order valence-corrected chi connectivity index (χ1v) is 13.3. The summed E-state index contributed by atoms with van der Waals surface area (Å²) < 4.78 is 0. The first-order valence-electron chi connectivity index (χ1n) is 13.3. The molecule has 0 unspecified atom stereocenters. The molecule has 0 spiro atoms. The number of aryl methyl sites for hydroxylation is 2. The predicted octanol–water partition coefficient (Wildman–Crippen LogP) is 8.25. The van der Waals surface area contributed by atoms with Gasteiger partial charge in [0.05, 0.1) is 0 Å². The summed E-state index contributed by atoms with van der Waals surface area (Å²) in [5.74, 6) is 2.62. The van der Waals surface area contributed by atoms with Gasteiger partial charge >= 0.3 is 0 Å². The van der Waals surface area contributed by atoms with E-state index in [9.17, 15) is 0 Å². The third kappa shape index (κ3) is 4.37. The molecule has 0 aliphatic heterocycles. The lowest BCUT2D eigenvalue weighted by Gasteiger charge is -2.12. The Morgan fingerprint density at radius 1 is 0.375 bits per heavy atom. The van der Waals surface area contributed by atoms with Gasteiger partial charge in [0, 0.05) is 33.6 Å². The highest BCUT2D eigenvalue weighted by Gasteiger charge is 2.16. The first kappa shape index (κ1) is 23.8. The van der Waals surface area contributed by atoms with Crippen LogP contribution in [0.4, 0.5) is 0 Å². The van der Waals surface area contributed by atoms with Crippen LogP contribution in [0, 0.1) is 13.8 Å². The molecule has 2 aromatic heterocycles. The lowest BCUT2D eigenvalue weighted by Crippen LogP contribution is -2.01. The fraction of sp³-hybridized carbons (Fsp3) is 0.0571. The second kappa shape index (κ2) is 9.79. The Labute approximate surface area is 232 Å². The van der Waals surface area contributed by atoms with Gasteiger partial charge in [-0.05, 0) is 41.5 Å². The van der Waals surface area contributed by atoms with Gasteiger partial charge in [-0.25, -0.2) is 24.9 Å². The molecule has 5 nitrogen and oxygen atoms in total. The summed E-state index contributed by atoms with van der Waals surface area (Å²) in [5, 5.41) is 4.50. The number of nitrogens with zero attached hydrogens (tertiary/aromatic N) is 5. The van der Waals surface area contributed by atoms with Crippen LogP contribution in [0.2, 0.25) is 0 Å². The van der Waals surface area contributed by atoms with Crippen molar-refractivity contribution in [3.05, 3.63) is 127 Å². The fourth-order valence-electron chi connectivity index (χ4n) is 5.21. The highest BCUT2D eigenvalue weighted by atomic mass is 15.0. The van der Waals surface area contributed by atoms with Gasteiger partial charge in [-0.1, -0.05) is 109 Å². The van der Waals surface area contributed by atoms with Gasteiger partial charge in [-0.2, -0.15) is 0 Å². The van der Waals surface area contributed by atoms with Crippen molar-refractivity contribution in [1.82, 2.24) is 24.9 Å². The van der Waals surface area contributed by atoms with E-state index in [4.69, 9.17) is 15.0 Å². The van der Waals surface area contributed by atoms with Crippen molar-refractivity contribution in [2.45, 2.75) is 13.8 Å². The fourth-order valence-corrected chi connectivity index (χ4v) is 5.21. The summed E-state index contributed by atoms with van der Waals surface area (Å²) in [6.07, 6.45) is 0. The van der Waals surface area contributed by atoms with E-state index in [2.05, 4.69) is 70.6 Å². The van der Waals surface area contributed by atoms with Crippen LogP contribution < -0.4 is 0 Å². The molecule has 0 saturated heterocycles. The Hall–Kier alpha value is -5.29. The molecular formula is C35H25N5. The lowest BCUT2D eigenvalue weighted by atomic mass is 10.0. The van der Waals surface area contributed by atoms with Gasteiger partial charge in [0.2, 0.25) is 0 Å². The van der Waals surface area contributed by atoms with Crippen LogP contribution in [0.15, 0.2) is 115 Å². The molecule has 0 aliphatic carbocycles. The van der Waals surface area contributed by atoms with Crippen LogP contribution >= 0.6 is 0 Å². The van der Waals surface area contributed by atoms with Crippen LogP contribution in [0.1, 0.15) is 11.4 Å². The zero-order valence-corrected chi connectivity index (χ0v) is 22.2. The minimum atomic E-state index is 0.619. The first-order chi connectivity index (χ1) is 19.6. The monoisotopic (exact) mass is 515 g/mol.